The summed E-state index contributed by atoms with van der Waals surface area (Å²) in [5.74, 6) is 0. The minimum Gasteiger partial charge on any atom is -0.362 e. The zero-order valence-corrected chi connectivity index (χ0v) is 13.2. The fourth-order valence-corrected chi connectivity index (χ4v) is 2.31. The van der Waals surface area contributed by atoms with Crippen LogP contribution in [0.4, 0.5) is 0 Å². The molecular weight excluding hydrogens is 296 g/mol. The van der Waals surface area contributed by atoms with Gasteiger partial charge in [0.15, 0.2) is 5.11 Å². The molecule has 0 bridgehead atoms. The van der Waals surface area contributed by atoms with E-state index in [9.17, 15) is 8.42 Å². The number of hydrogen-bond acceptors (Lipinski definition) is 4. The second-order valence-electron chi connectivity index (χ2n) is 3.90. The van der Waals surface area contributed by atoms with Gasteiger partial charge in [-0.2, -0.15) is 5.10 Å². The Morgan fingerprint density at radius 3 is 2.40 bits per heavy atom. The van der Waals surface area contributed by atoms with E-state index in [1.807, 2.05) is 13.8 Å². The lowest BCUT2D eigenvalue weighted by Gasteiger charge is -2.07. The molecule has 0 atom stereocenters. The number of rotatable bonds is 5. The Balaban J connectivity index is 2.83. The highest BCUT2D eigenvalue weighted by Gasteiger charge is 2.10. The Kier molecular flexibility index (Phi) is 6.05. The van der Waals surface area contributed by atoms with Gasteiger partial charge in [-0.25, -0.2) is 13.1 Å². The molecule has 3 N–H and O–H groups in total. The average molecular weight is 314 g/mol. The van der Waals surface area contributed by atoms with Crippen LogP contribution in [0.3, 0.4) is 0 Å². The predicted octanol–water partition coefficient (Wildman–Crippen LogP) is 0.803. The van der Waals surface area contributed by atoms with Gasteiger partial charge in [0.1, 0.15) is 0 Å². The summed E-state index contributed by atoms with van der Waals surface area (Å²) in [5.41, 5.74) is 4.23. The summed E-state index contributed by atoms with van der Waals surface area (Å²) in [6, 6.07) is 6.45. The number of benzene rings is 1. The molecule has 6 nitrogen and oxygen atoms in total. The van der Waals surface area contributed by atoms with E-state index in [0.717, 1.165) is 12.1 Å². The van der Waals surface area contributed by atoms with E-state index in [-0.39, 0.29) is 4.90 Å². The van der Waals surface area contributed by atoms with Crippen LogP contribution in [0.1, 0.15) is 19.4 Å². The monoisotopic (exact) mass is 314 g/mol. The van der Waals surface area contributed by atoms with Crippen LogP contribution in [0.5, 0.6) is 0 Å². The van der Waals surface area contributed by atoms with Gasteiger partial charge in [-0.15, -0.1) is 0 Å². The maximum Gasteiger partial charge on any atom is 0.240 e. The first kappa shape index (κ1) is 16.5. The zero-order valence-electron chi connectivity index (χ0n) is 11.6. The Hall–Kier alpha value is -1.51. The van der Waals surface area contributed by atoms with E-state index in [1.165, 1.54) is 19.2 Å². The Morgan fingerprint density at radius 1 is 1.30 bits per heavy atom. The molecule has 0 spiro atoms. The van der Waals surface area contributed by atoms with Crippen molar-refractivity contribution in [1.29, 1.82) is 0 Å². The van der Waals surface area contributed by atoms with E-state index >= 15 is 0 Å². The number of thiocarbonyl (C=S) groups is 1. The number of nitrogens with zero attached hydrogens (tertiary/aromatic N) is 1. The van der Waals surface area contributed by atoms with Crippen LogP contribution in [0.15, 0.2) is 34.3 Å². The van der Waals surface area contributed by atoms with Crippen molar-refractivity contribution in [1.82, 2.24) is 15.5 Å². The molecule has 0 heterocycles. The van der Waals surface area contributed by atoms with E-state index in [4.69, 9.17) is 12.2 Å². The van der Waals surface area contributed by atoms with Crippen LogP contribution >= 0.6 is 12.2 Å². The van der Waals surface area contributed by atoms with E-state index < -0.39 is 10.0 Å². The fraction of sp³-hybridized carbons (Fsp3) is 0.333. The summed E-state index contributed by atoms with van der Waals surface area (Å²) >= 11 is 4.99. The van der Waals surface area contributed by atoms with Gasteiger partial charge >= 0.3 is 0 Å². The van der Waals surface area contributed by atoms with Crippen LogP contribution in [0.25, 0.3) is 0 Å². The van der Waals surface area contributed by atoms with Crippen molar-refractivity contribution in [2.24, 2.45) is 5.10 Å². The maximum absolute atomic E-state index is 11.6. The molecule has 1 rings (SSSR count). The molecule has 0 unspecified atom stereocenters. The van der Waals surface area contributed by atoms with Gasteiger partial charge in [0.05, 0.1) is 10.6 Å². The van der Waals surface area contributed by atoms with Crippen molar-refractivity contribution in [3.8, 4) is 0 Å². The van der Waals surface area contributed by atoms with Crippen LogP contribution < -0.4 is 15.5 Å². The summed E-state index contributed by atoms with van der Waals surface area (Å²) in [6.07, 6.45) is 0. The molecule has 110 valence electrons. The van der Waals surface area contributed by atoms with Crippen molar-refractivity contribution in [3.63, 3.8) is 0 Å². The molecule has 0 aliphatic heterocycles. The van der Waals surface area contributed by atoms with E-state index in [1.54, 1.807) is 12.1 Å². The second-order valence-corrected chi connectivity index (χ2v) is 6.20. The predicted molar refractivity (Wildman–Crippen MR) is 84.3 cm³/mol. The highest BCUT2D eigenvalue weighted by molar-refractivity contribution is 7.89. The second kappa shape index (κ2) is 7.32. The van der Waals surface area contributed by atoms with Crippen molar-refractivity contribution < 1.29 is 8.42 Å². The molecule has 0 aromatic heterocycles. The molecule has 0 amide bonds. The SMILES string of the molecule is CCNC(=S)N/N=C(/C)c1ccc(S(=O)(=O)NC)cc1. The highest BCUT2D eigenvalue weighted by Crippen LogP contribution is 2.10. The van der Waals surface area contributed by atoms with Gasteiger partial charge < -0.3 is 5.32 Å². The van der Waals surface area contributed by atoms with E-state index in [0.29, 0.717) is 10.8 Å². The largest absolute Gasteiger partial charge is 0.362 e. The normalized spacial score (nSPS) is 12.1. The third-order valence-electron chi connectivity index (χ3n) is 2.51. The molecule has 0 aliphatic rings. The smallest absolute Gasteiger partial charge is 0.240 e. The Morgan fingerprint density at radius 2 is 1.90 bits per heavy atom. The summed E-state index contributed by atoms with van der Waals surface area (Å²) < 4.78 is 25.4. The quantitative estimate of drug-likeness (QED) is 0.425. The lowest BCUT2D eigenvalue weighted by molar-refractivity contribution is 0.588. The lowest BCUT2D eigenvalue weighted by atomic mass is 10.1. The zero-order chi connectivity index (χ0) is 15.2. The highest BCUT2D eigenvalue weighted by atomic mass is 32.2. The van der Waals surface area contributed by atoms with Crippen LogP contribution in [0.2, 0.25) is 0 Å². The van der Waals surface area contributed by atoms with Gasteiger partial charge in [-0.05, 0) is 50.8 Å². The van der Waals surface area contributed by atoms with Crippen LogP contribution in [-0.2, 0) is 10.0 Å². The molecule has 20 heavy (non-hydrogen) atoms. The van der Waals surface area contributed by atoms with Gasteiger partial charge in [0.2, 0.25) is 10.0 Å². The Labute approximate surface area is 124 Å². The molecule has 1 aromatic carbocycles. The van der Waals surface area contributed by atoms with Crippen LogP contribution in [-0.4, -0.2) is 32.8 Å². The molecule has 0 saturated carbocycles. The fourth-order valence-electron chi connectivity index (χ4n) is 1.39. The van der Waals surface area contributed by atoms with Gasteiger partial charge in [-0.1, -0.05) is 12.1 Å². The summed E-state index contributed by atoms with van der Waals surface area (Å²) in [6.45, 7) is 4.46. The van der Waals surface area contributed by atoms with E-state index in [2.05, 4.69) is 20.6 Å². The minimum atomic E-state index is -3.41. The first-order valence-electron chi connectivity index (χ1n) is 6.02. The van der Waals surface area contributed by atoms with Crippen molar-refractivity contribution >= 4 is 33.1 Å². The Bertz CT molecular complexity index is 594. The van der Waals surface area contributed by atoms with Gasteiger partial charge in [0.25, 0.3) is 0 Å². The van der Waals surface area contributed by atoms with Crippen LogP contribution in [0, 0.1) is 0 Å². The maximum atomic E-state index is 11.6. The third-order valence-corrected chi connectivity index (χ3v) is 4.18. The molecule has 8 heteroatoms. The van der Waals surface area contributed by atoms with Gasteiger partial charge in [-0.3, -0.25) is 5.43 Å². The molecule has 1 aromatic rings. The number of nitrogens with one attached hydrogen (secondary N) is 3. The topological polar surface area (TPSA) is 82.6 Å². The van der Waals surface area contributed by atoms with Gasteiger partial charge in [0, 0.05) is 6.54 Å². The average Bonchev–Trinajstić information content (AvgIpc) is 2.45. The number of hydrazone groups is 1. The number of sulfonamides is 1. The first-order chi connectivity index (χ1) is 9.40. The number of hydrogen-bond donors (Lipinski definition) is 3. The van der Waals surface area contributed by atoms with Crippen molar-refractivity contribution in [3.05, 3.63) is 29.8 Å². The summed E-state index contributed by atoms with van der Waals surface area (Å²) in [4.78, 5) is 0.215. The minimum absolute atomic E-state index is 0.215. The lowest BCUT2D eigenvalue weighted by Crippen LogP contribution is -2.32. The third kappa shape index (κ3) is 4.55. The molecule has 0 fully saturated rings. The van der Waals surface area contributed by atoms with Crippen molar-refractivity contribution in [2.45, 2.75) is 18.7 Å². The molecule has 0 radical (unpaired) electrons. The summed E-state index contributed by atoms with van der Waals surface area (Å²) in [5, 5.41) is 7.48. The molecular formula is C12H18N4O2S2. The first-order valence-corrected chi connectivity index (χ1v) is 7.92. The summed E-state index contributed by atoms with van der Waals surface area (Å²) in [7, 11) is -2.03. The standard InChI is InChI=1S/C12H18N4O2S2/c1-4-14-12(19)16-15-9(2)10-5-7-11(8-6-10)20(17,18)13-3/h5-8,13H,4H2,1-3H3,(H2,14,16,19)/b15-9-. The van der Waals surface area contributed by atoms with Crippen molar-refractivity contribution in [2.75, 3.05) is 13.6 Å². The molecule has 0 saturated heterocycles. The molecule has 0 aliphatic carbocycles.